The molecule has 17 heavy (non-hydrogen) atoms. The zero-order valence-corrected chi connectivity index (χ0v) is 9.22. The van der Waals surface area contributed by atoms with Crippen LogP contribution in [0.5, 0.6) is 11.5 Å². The minimum atomic E-state index is 0.201. The topological polar surface area (TPSA) is 78.5 Å². The highest BCUT2D eigenvalue weighted by Gasteiger charge is 2.01. The van der Waals surface area contributed by atoms with Crippen LogP contribution in [0.4, 0.5) is 11.4 Å². The zero-order chi connectivity index (χ0) is 12.3. The summed E-state index contributed by atoms with van der Waals surface area (Å²) in [5.74, 6) is 0.402. The summed E-state index contributed by atoms with van der Waals surface area (Å²) in [5.41, 5.74) is 7.75. The maximum absolute atomic E-state index is 9.62. The Bertz CT molecular complexity index is 527. The summed E-state index contributed by atoms with van der Waals surface area (Å²) in [4.78, 5) is 0. The van der Waals surface area contributed by atoms with Crippen LogP contribution in [0.25, 0.3) is 0 Å². The molecule has 0 aliphatic rings. The molecule has 4 nitrogen and oxygen atoms in total. The van der Waals surface area contributed by atoms with Crippen molar-refractivity contribution in [3.05, 3.63) is 48.0 Å². The first-order valence-corrected chi connectivity index (χ1v) is 5.25. The number of phenols is 2. The van der Waals surface area contributed by atoms with Crippen molar-refractivity contribution in [1.29, 1.82) is 0 Å². The number of aromatic hydroxyl groups is 2. The Balaban J connectivity index is 2.09. The van der Waals surface area contributed by atoms with E-state index in [1.807, 2.05) is 6.07 Å². The molecule has 0 saturated heterocycles. The molecular formula is C13H14N2O2. The first-order chi connectivity index (χ1) is 8.15. The van der Waals surface area contributed by atoms with E-state index in [-0.39, 0.29) is 11.5 Å². The first kappa shape index (κ1) is 11.1. The van der Waals surface area contributed by atoms with Crippen LogP contribution in [0.15, 0.2) is 42.5 Å². The third kappa shape index (κ3) is 2.81. The predicted molar refractivity (Wildman–Crippen MR) is 68.0 cm³/mol. The number of benzene rings is 2. The van der Waals surface area contributed by atoms with E-state index in [0.717, 1.165) is 5.69 Å². The number of nitrogens with one attached hydrogen (secondary N) is 1. The number of hydrogen-bond acceptors (Lipinski definition) is 4. The molecule has 0 unspecified atom stereocenters. The maximum Gasteiger partial charge on any atom is 0.120 e. The van der Waals surface area contributed by atoms with E-state index < -0.39 is 0 Å². The molecule has 0 heterocycles. The van der Waals surface area contributed by atoms with Gasteiger partial charge in [-0.2, -0.15) is 0 Å². The van der Waals surface area contributed by atoms with E-state index in [1.54, 1.807) is 36.4 Å². The monoisotopic (exact) mass is 230 g/mol. The van der Waals surface area contributed by atoms with Crippen molar-refractivity contribution in [3.63, 3.8) is 0 Å². The molecule has 5 N–H and O–H groups in total. The summed E-state index contributed by atoms with van der Waals surface area (Å²) in [6.45, 7) is 0.445. The second kappa shape index (κ2) is 4.65. The normalized spacial score (nSPS) is 10.1. The fourth-order valence-corrected chi connectivity index (χ4v) is 1.56. The van der Waals surface area contributed by atoms with E-state index in [1.165, 1.54) is 0 Å². The highest BCUT2D eigenvalue weighted by molar-refractivity contribution is 5.51. The Kier molecular flexibility index (Phi) is 3.05. The summed E-state index contributed by atoms with van der Waals surface area (Å²) >= 11 is 0. The first-order valence-electron chi connectivity index (χ1n) is 5.25. The van der Waals surface area contributed by atoms with Gasteiger partial charge in [-0.1, -0.05) is 6.07 Å². The van der Waals surface area contributed by atoms with Crippen molar-refractivity contribution in [3.8, 4) is 11.5 Å². The lowest BCUT2D eigenvalue weighted by Crippen LogP contribution is -2.00. The molecule has 0 spiro atoms. The van der Waals surface area contributed by atoms with Crippen molar-refractivity contribution >= 4 is 11.4 Å². The van der Waals surface area contributed by atoms with Gasteiger partial charge in [-0.3, -0.25) is 0 Å². The highest BCUT2D eigenvalue weighted by Crippen LogP contribution is 2.22. The van der Waals surface area contributed by atoms with Gasteiger partial charge in [-0.25, -0.2) is 0 Å². The molecule has 2 aromatic rings. The second-order valence-electron chi connectivity index (χ2n) is 3.79. The molecule has 4 heteroatoms. The molecule has 0 aromatic heterocycles. The Morgan fingerprint density at radius 2 is 1.88 bits per heavy atom. The van der Waals surface area contributed by atoms with Crippen LogP contribution in [-0.4, -0.2) is 10.2 Å². The van der Waals surface area contributed by atoms with Crippen molar-refractivity contribution in [2.45, 2.75) is 6.54 Å². The Labute approximate surface area is 99.3 Å². The molecule has 0 radical (unpaired) electrons. The molecule has 0 amide bonds. The molecule has 0 atom stereocenters. The Morgan fingerprint density at radius 3 is 2.65 bits per heavy atom. The van der Waals surface area contributed by atoms with E-state index in [0.29, 0.717) is 17.8 Å². The van der Waals surface area contributed by atoms with Gasteiger partial charge in [0.2, 0.25) is 0 Å². The number of nitrogens with two attached hydrogens (primary N) is 1. The Morgan fingerprint density at radius 1 is 1.06 bits per heavy atom. The third-order valence-electron chi connectivity index (χ3n) is 2.43. The van der Waals surface area contributed by atoms with Crippen molar-refractivity contribution < 1.29 is 10.2 Å². The van der Waals surface area contributed by atoms with E-state index in [4.69, 9.17) is 5.73 Å². The van der Waals surface area contributed by atoms with Crippen LogP contribution in [-0.2, 0) is 6.54 Å². The second-order valence-corrected chi connectivity index (χ2v) is 3.79. The lowest BCUT2D eigenvalue weighted by molar-refractivity contribution is 0.469. The fraction of sp³-hybridized carbons (Fsp3) is 0.0769. The molecule has 2 rings (SSSR count). The van der Waals surface area contributed by atoms with Gasteiger partial charge in [-0.05, 0) is 30.3 Å². The molecule has 0 bridgehead atoms. The molecule has 0 fully saturated rings. The van der Waals surface area contributed by atoms with Crippen LogP contribution >= 0.6 is 0 Å². The quantitative estimate of drug-likeness (QED) is 0.482. The lowest BCUT2D eigenvalue weighted by atomic mass is 10.1. The lowest BCUT2D eigenvalue weighted by Gasteiger charge is -2.09. The van der Waals surface area contributed by atoms with Gasteiger partial charge in [-0.15, -0.1) is 0 Å². The van der Waals surface area contributed by atoms with Gasteiger partial charge in [0, 0.05) is 29.5 Å². The smallest absolute Gasteiger partial charge is 0.120 e. The van der Waals surface area contributed by atoms with Gasteiger partial charge < -0.3 is 21.3 Å². The molecular weight excluding hydrogens is 216 g/mol. The van der Waals surface area contributed by atoms with Crippen molar-refractivity contribution in [1.82, 2.24) is 0 Å². The third-order valence-corrected chi connectivity index (χ3v) is 2.43. The number of anilines is 2. The van der Waals surface area contributed by atoms with E-state index in [9.17, 15) is 10.2 Å². The largest absolute Gasteiger partial charge is 0.508 e. The van der Waals surface area contributed by atoms with Crippen LogP contribution in [0.3, 0.4) is 0 Å². The average molecular weight is 230 g/mol. The number of nitrogen functional groups attached to an aromatic ring is 1. The molecule has 0 aliphatic carbocycles. The van der Waals surface area contributed by atoms with Crippen molar-refractivity contribution in [2.24, 2.45) is 0 Å². The maximum atomic E-state index is 9.62. The van der Waals surface area contributed by atoms with Gasteiger partial charge >= 0.3 is 0 Å². The average Bonchev–Trinajstić information content (AvgIpc) is 2.30. The van der Waals surface area contributed by atoms with Gasteiger partial charge in [0.15, 0.2) is 0 Å². The van der Waals surface area contributed by atoms with Crippen LogP contribution in [0.1, 0.15) is 5.56 Å². The van der Waals surface area contributed by atoms with Crippen LogP contribution < -0.4 is 11.1 Å². The predicted octanol–water partition coefficient (Wildman–Crippen LogP) is 2.29. The minimum Gasteiger partial charge on any atom is -0.508 e. The summed E-state index contributed by atoms with van der Waals surface area (Å²) in [5, 5.41) is 22.0. The fourth-order valence-electron chi connectivity index (χ4n) is 1.56. The number of hydrogen-bond donors (Lipinski definition) is 4. The van der Waals surface area contributed by atoms with Gasteiger partial charge in [0.05, 0.1) is 0 Å². The minimum absolute atomic E-state index is 0.201. The Hall–Kier alpha value is -2.36. The van der Waals surface area contributed by atoms with Gasteiger partial charge in [0.1, 0.15) is 11.5 Å². The highest BCUT2D eigenvalue weighted by atomic mass is 16.3. The van der Waals surface area contributed by atoms with Gasteiger partial charge in [0.25, 0.3) is 0 Å². The summed E-state index contributed by atoms with van der Waals surface area (Å²) in [7, 11) is 0. The molecule has 0 saturated carbocycles. The van der Waals surface area contributed by atoms with Crippen LogP contribution in [0.2, 0.25) is 0 Å². The standard InChI is InChI=1S/C13H14N2O2/c14-10-4-5-13(17)9(6-10)8-15-11-2-1-3-12(16)7-11/h1-7,15-17H,8,14H2. The van der Waals surface area contributed by atoms with E-state index >= 15 is 0 Å². The summed E-state index contributed by atoms with van der Waals surface area (Å²) < 4.78 is 0. The zero-order valence-electron chi connectivity index (χ0n) is 9.22. The molecule has 0 aliphatic heterocycles. The van der Waals surface area contributed by atoms with Crippen molar-refractivity contribution in [2.75, 3.05) is 11.1 Å². The molecule has 88 valence electrons. The van der Waals surface area contributed by atoms with Crippen LogP contribution in [0, 0.1) is 0 Å². The number of rotatable bonds is 3. The summed E-state index contributed by atoms with van der Waals surface area (Å²) in [6.07, 6.45) is 0. The summed E-state index contributed by atoms with van der Waals surface area (Å²) in [6, 6.07) is 11.7. The number of phenolic OH excluding ortho intramolecular Hbond substituents is 2. The SMILES string of the molecule is Nc1ccc(O)c(CNc2cccc(O)c2)c1. The van der Waals surface area contributed by atoms with E-state index in [2.05, 4.69) is 5.32 Å². The molecule has 2 aromatic carbocycles.